The number of hydrogen-bond acceptors (Lipinski definition) is 3. The van der Waals surface area contributed by atoms with Crippen LogP contribution in [0.4, 0.5) is 5.69 Å². The first-order valence-corrected chi connectivity index (χ1v) is 6.92. The van der Waals surface area contributed by atoms with Gasteiger partial charge in [-0.3, -0.25) is 0 Å². The fourth-order valence-corrected chi connectivity index (χ4v) is 2.50. The molecule has 0 fully saturated rings. The molecular weight excluding hydrogens is 248 g/mol. The predicted octanol–water partition coefficient (Wildman–Crippen LogP) is 1.89. The monoisotopic (exact) mass is 262 g/mol. The van der Waals surface area contributed by atoms with Crippen LogP contribution in [-0.2, 0) is 10.0 Å². The Morgan fingerprint density at radius 1 is 1.00 bits per heavy atom. The largest absolute Gasteiger partial charge is 0.399 e. The number of hydrogen-bond donors (Lipinski definition) is 2. The van der Waals surface area contributed by atoms with Crippen LogP contribution >= 0.6 is 0 Å². The van der Waals surface area contributed by atoms with E-state index >= 15 is 0 Å². The number of nitrogens with two attached hydrogens (primary N) is 2. The fourth-order valence-electron chi connectivity index (χ4n) is 1.75. The van der Waals surface area contributed by atoms with Crippen LogP contribution in [0.3, 0.4) is 0 Å². The van der Waals surface area contributed by atoms with Crippen molar-refractivity contribution in [1.29, 1.82) is 0 Å². The molecular formula is C13H14N2O2S. The van der Waals surface area contributed by atoms with Crippen LogP contribution in [0.5, 0.6) is 0 Å². The zero-order valence-corrected chi connectivity index (χ0v) is 10.7. The maximum atomic E-state index is 11.5. The molecule has 5 heteroatoms. The van der Waals surface area contributed by atoms with E-state index in [0.29, 0.717) is 11.3 Å². The van der Waals surface area contributed by atoms with Crippen LogP contribution in [0.15, 0.2) is 47.4 Å². The molecule has 0 unspecified atom stereocenters. The molecule has 2 aromatic carbocycles. The van der Waals surface area contributed by atoms with E-state index in [1.807, 2.05) is 31.2 Å². The molecule has 0 bridgehead atoms. The van der Waals surface area contributed by atoms with Crippen molar-refractivity contribution in [1.82, 2.24) is 0 Å². The highest BCUT2D eigenvalue weighted by Gasteiger charge is 2.15. The molecule has 4 nitrogen and oxygen atoms in total. The minimum atomic E-state index is -3.76. The van der Waals surface area contributed by atoms with Crippen molar-refractivity contribution in [2.75, 3.05) is 5.73 Å². The van der Waals surface area contributed by atoms with E-state index in [0.717, 1.165) is 11.1 Å². The fraction of sp³-hybridized carbons (Fsp3) is 0.0769. The highest BCUT2D eigenvalue weighted by Crippen LogP contribution is 2.28. The number of anilines is 1. The van der Waals surface area contributed by atoms with Gasteiger partial charge in [0.15, 0.2) is 0 Å². The molecule has 0 aliphatic rings. The number of rotatable bonds is 2. The van der Waals surface area contributed by atoms with Gasteiger partial charge in [0.05, 0.1) is 4.90 Å². The van der Waals surface area contributed by atoms with Crippen LogP contribution in [0.1, 0.15) is 5.56 Å². The normalized spacial score (nSPS) is 11.4. The number of sulfonamides is 1. The zero-order chi connectivity index (χ0) is 13.3. The summed E-state index contributed by atoms with van der Waals surface area (Å²) in [6.07, 6.45) is 0. The molecule has 4 N–H and O–H groups in total. The van der Waals surface area contributed by atoms with Crippen molar-refractivity contribution in [2.24, 2.45) is 5.14 Å². The lowest BCUT2D eigenvalue weighted by Gasteiger charge is -2.09. The molecule has 2 aromatic rings. The van der Waals surface area contributed by atoms with E-state index in [-0.39, 0.29) is 4.90 Å². The van der Waals surface area contributed by atoms with E-state index in [1.165, 1.54) is 12.1 Å². The molecule has 0 amide bonds. The van der Waals surface area contributed by atoms with Crippen LogP contribution in [0.25, 0.3) is 11.1 Å². The first kappa shape index (κ1) is 12.6. The Balaban J connectivity index is 2.69. The Bertz CT molecular complexity index is 677. The molecule has 94 valence electrons. The molecule has 18 heavy (non-hydrogen) atoms. The minimum absolute atomic E-state index is 0.0838. The highest BCUT2D eigenvalue weighted by molar-refractivity contribution is 7.89. The van der Waals surface area contributed by atoms with Crippen LogP contribution < -0.4 is 10.9 Å². The van der Waals surface area contributed by atoms with Gasteiger partial charge in [-0.2, -0.15) is 0 Å². The summed E-state index contributed by atoms with van der Waals surface area (Å²) in [7, 11) is -3.76. The van der Waals surface area contributed by atoms with Gasteiger partial charge in [-0.25, -0.2) is 13.6 Å². The van der Waals surface area contributed by atoms with Gasteiger partial charge in [0.1, 0.15) is 0 Å². The van der Waals surface area contributed by atoms with E-state index in [1.54, 1.807) is 6.07 Å². The quantitative estimate of drug-likeness (QED) is 0.810. The summed E-state index contributed by atoms with van der Waals surface area (Å²) in [5.74, 6) is 0. The van der Waals surface area contributed by atoms with Crippen molar-refractivity contribution in [3.05, 3.63) is 48.0 Å². The van der Waals surface area contributed by atoms with Gasteiger partial charge in [0.2, 0.25) is 10.0 Å². The number of aryl methyl sites for hydroxylation is 1. The molecule has 0 atom stereocenters. The van der Waals surface area contributed by atoms with E-state index in [4.69, 9.17) is 10.9 Å². The first-order valence-electron chi connectivity index (χ1n) is 5.37. The number of primary sulfonamides is 1. The maximum Gasteiger partial charge on any atom is 0.238 e. The molecule has 0 heterocycles. The topological polar surface area (TPSA) is 86.2 Å². The van der Waals surface area contributed by atoms with Gasteiger partial charge >= 0.3 is 0 Å². The third-order valence-electron chi connectivity index (χ3n) is 2.67. The molecule has 0 radical (unpaired) electrons. The lowest BCUT2D eigenvalue weighted by molar-refractivity contribution is 0.598. The lowest BCUT2D eigenvalue weighted by Crippen LogP contribution is -2.13. The Hall–Kier alpha value is -1.85. The van der Waals surface area contributed by atoms with Gasteiger partial charge in [-0.1, -0.05) is 29.8 Å². The summed E-state index contributed by atoms with van der Waals surface area (Å²) < 4.78 is 23.1. The Labute approximate surface area is 106 Å². The third-order valence-corrected chi connectivity index (χ3v) is 3.64. The van der Waals surface area contributed by atoms with Gasteiger partial charge in [-0.05, 0) is 30.7 Å². The predicted molar refractivity (Wildman–Crippen MR) is 72.4 cm³/mol. The summed E-state index contributed by atoms with van der Waals surface area (Å²) in [5.41, 5.74) is 8.60. The van der Waals surface area contributed by atoms with Gasteiger partial charge in [0, 0.05) is 11.3 Å². The van der Waals surface area contributed by atoms with Crippen LogP contribution in [-0.4, -0.2) is 8.42 Å². The van der Waals surface area contributed by atoms with Crippen molar-refractivity contribution >= 4 is 15.7 Å². The molecule has 0 spiro atoms. The molecule has 0 aliphatic carbocycles. The number of benzene rings is 2. The Morgan fingerprint density at radius 3 is 2.17 bits per heavy atom. The van der Waals surface area contributed by atoms with Crippen LogP contribution in [0.2, 0.25) is 0 Å². The second-order valence-electron chi connectivity index (χ2n) is 4.17. The van der Waals surface area contributed by atoms with Crippen molar-refractivity contribution in [3.8, 4) is 11.1 Å². The summed E-state index contributed by atoms with van der Waals surface area (Å²) >= 11 is 0. The average molecular weight is 262 g/mol. The summed E-state index contributed by atoms with van der Waals surface area (Å²) in [4.78, 5) is 0.0838. The number of nitrogen functional groups attached to an aromatic ring is 1. The maximum absolute atomic E-state index is 11.5. The molecule has 2 rings (SSSR count). The molecule has 0 saturated carbocycles. The summed E-state index contributed by atoms with van der Waals surface area (Å²) in [5, 5.41) is 5.21. The van der Waals surface area contributed by atoms with E-state index < -0.39 is 10.0 Å². The first-order chi connectivity index (χ1) is 8.38. The van der Waals surface area contributed by atoms with Crippen molar-refractivity contribution < 1.29 is 8.42 Å². The molecule has 0 saturated heterocycles. The van der Waals surface area contributed by atoms with Gasteiger partial charge in [0.25, 0.3) is 0 Å². The van der Waals surface area contributed by atoms with E-state index in [9.17, 15) is 8.42 Å². The zero-order valence-electron chi connectivity index (χ0n) is 9.92. The van der Waals surface area contributed by atoms with Crippen molar-refractivity contribution in [2.45, 2.75) is 11.8 Å². The van der Waals surface area contributed by atoms with E-state index in [2.05, 4.69) is 0 Å². The third kappa shape index (κ3) is 2.52. The Morgan fingerprint density at radius 2 is 1.61 bits per heavy atom. The second kappa shape index (κ2) is 4.44. The summed E-state index contributed by atoms with van der Waals surface area (Å²) in [6, 6.07) is 12.1. The standard InChI is InChI=1S/C13H14N2O2S/c1-9-2-4-10(5-3-9)12-8-11(14)6-7-13(12)18(15,16)17/h2-8H,14H2,1H3,(H2,15,16,17). The van der Waals surface area contributed by atoms with Gasteiger partial charge < -0.3 is 5.73 Å². The molecule has 0 aromatic heterocycles. The Kier molecular flexibility index (Phi) is 3.11. The lowest BCUT2D eigenvalue weighted by atomic mass is 10.0. The molecule has 0 aliphatic heterocycles. The minimum Gasteiger partial charge on any atom is -0.399 e. The smallest absolute Gasteiger partial charge is 0.238 e. The highest BCUT2D eigenvalue weighted by atomic mass is 32.2. The van der Waals surface area contributed by atoms with Crippen molar-refractivity contribution in [3.63, 3.8) is 0 Å². The van der Waals surface area contributed by atoms with Crippen LogP contribution in [0, 0.1) is 6.92 Å². The second-order valence-corrected chi connectivity index (χ2v) is 5.70. The summed E-state index contributed by atoms with van der Waals surface area (Å²) in [6.45, 7) is 1.96. The average Bonchev–Trinajstić information content (AvgIpc) is 2.28. The van der Waals surface area contributed by atoms with Gasteiger partial charge in [-0.15, -0.1) is 0 Å². The SMILES string of the molecule is Cc1ccc(-c2cc(N)ccc2S(N)(=O)=O)cc1.